The minimum Gasteiger partial charge on any atom is -0.341 e. The molecule has 1 amide bonds. The quantitative estimate of drug-likeness (QED) is 0.819. The lowest BCUT2D eigenvalue weighted by Crippen LogP contribution is -2.51. The lowest BCUT2D eigenvalue weighted by atomic mass is 9.84. The van der Waals surface area contributed by atoms with Gasteiger partial charge in [-0.2, -0.15) is 0 Å². The number of imidazole rings is 1. The van der Waals surface area contributed by atoms with Crippen molar-refractivity contribution in [1.82, 2.24) is 24.4 Å². The Morgan fingerprint density at radius 1 is 1.00 bits per heavy atom. The van der Waals surface area contributed by atoms with Crippen LogP contribution in [-0.4, -0.2) is 55.5 Å². The minimum atomic E-state index is -0.111. The first-order valence-electron chi connectivity index (χ1n) is 10.6. The van der Waals surface area contributed by atoms with Crippen LogP contribution < -0.4 is 4.90 Å². The smallest absolute Gasteiger partial charge is 0.245 e. The average molecular weight is 380 g/mol. The largest absolute Gasteiger partial charge is 0.341 e. The number of rotatable bonds is 3. The molecule has 1 saturated carbocycles. The molecule has 0 N–H and O–H groups in total. The summed E-state index contributed by atoms with van der Waals surface area (Å²) in [6.45, 7) is 1.63. The van der Waals surface area contributed by atoms with Gasteiger partial charge in [-0.15, -0.1) is 0 Å². The molecule has 4 heterocycles. The maximum absolute atomic E-state index is 13.5. The lowest BCUT2D eigenvalue weighted by Gasteiger charge is -2.37. The number of anilines is 1. The number of carbonyl (C=O) groups is 1. The summed E-state index contributed by atoms with van der Waals surface area (Å²) in [7, 11) is 0. The maximum Gasteiger partial charge on any atom is 0.245 e. The molecule has 1 aliphatic carbocycles. The van der Waals surface area contributed by atoms with Crippen LogP contribution in [0.2, 0.25) is 0 Å². The molecule has 2 aromatic rings. The molecule has 3 aliphatic rings. The third-order valence-corrected chi connectivity index (χ3v) is 6.88. The number of nitrogens with zero attached hydrogens (tertiary/aromatic N) is 6. The Kier molecular flexibility index (Phi) is 4.74. The van der Waals surface area contributed by atoms with Crippen LogP contribution in [0.25, 0.3) is 0 Å². The summed E-state index contributed by atoms with van der Waals surface area (Å²) >= 11 is 0. The number of amides is 1. The van der Waals surface area contributed by atoms with Gasteiger partial charge in [-0.25, -0.2) is 15.0 Å². The Bertz CT molecular complexity index is 786. The molecule has 0 radical (unpaired) electrons. The summed E-state index contributed by atoms with van der Waals surface area (Å²) in [6, 6.07) is 2.59. The van der Waals surface area contributed by atoms with E-state index in [1.54, 1.807) is 12.4 Å². The van der Waals surface area contributed by atoms with E-state index in [1.165, 1.54) is 19.3 Å². The van der Waals surface area contributed by atoms with Crippen molar-refractivity contribution in [2.75, 3.05) is 18.0 Å². The summed E-state index contributed by atoms with van der Waals surface area (Å²) in [4.78, 5) is 31.0. The first-order chi connectivity index (χ1) is 13.8. The van der Waals surface area contributed by atoms with Gasteiger partial charge in [0.25, 0.3) is 0 Å². The molecule has 7 nitrogen and oxygen atoms in total. The molecule has 2 saturated heterocycles. The Morgan fingerprint density at radius 2 is 1.79 bits per heavy atom. The zero-order valence-electron chi connectivity index (χ0n) is 16.2. The van der Waals surface area contributed by atoms with Crippen LogP contribution in [-0.2, 0) is 4.79 Å². The first-order valence-corrected chi connectivity index (χ1v) is 10.6. The van der Waals surface area contributed by atoms with Gasteiger partial charge in [-0.1, -0.05) is 12.8 Å². The van der Waals surface area contributed by atoms with E-state index in [9.17, 15) is 4.79 Å². The van der Waals surface area contributed by atoms with E-state index in [4.69, 9.17) is 0 Å². The van der Waals surface area contributed by atoms with Gasteiger partial charge in [-0.05, 0) is 44.1 Å². The Hall–Kier alpha value is -2.44. The molecule has 148 valence electrons. The van der Waals surface area contributed by atoms with Crippen molar-refractivity contribution in [2.24, 2.45) is 5.92 Å². The molecule has 0 unspecified atom stereocenters. The van der Waals surface area contributed by atoms with E-state index >= 15 is 0 Å². The van der Waals surface area contributed by atoms with Gasteiger partial charge in [0.1, 0.15) is 6.04 Å². The third-order valence-electron chi connectivity index (χ3n) is 6.88. The second-order valence-electron chi connectivity index (χ2n) is 8.39. The standard InChI is InChI=1S/C21H28N6O/c28-20(25-11-6-17(7-12-25)26-13-10-22-15-26)19-14-16-4-1-2-5-18(16)27(19)21-23-8-3-9-24-21/h3,8-10,13,15-19H,1-2,4-7,11-12,14H2/t16-,18-,19+/m1/s1. The Morgan fingerprint density at radius 3 is 2.54 bits per heavy atom. The van der Waals surface area contributed by atoms with Gasteiger partial charge in [0, 0.05) is 50.0 Å². The zero-order chi connectivity index (χ0) is 18.9. The predicted octanol–water partition coefficient (Wildman–Crippen LogP) is 2.67. The molecular weight excluding hydrogens is 352 g/mol. The number of hydrogen-bond acceptors (Lipinski definition) is 5. The lowest BCUT2D eigenvalue weighted by molar-refractivity contribution is -0.133. The molecule has 0 bridgehead atoms. The van der Waals surface area contributed by atoms with Crippen LogP contribution in [0.4, 0.5) is 5.95 Å². The summed E-state index contributed by atoms with van der Waals surface area (Å²) in [5.74, 6) is 1.59. The highest BCUT2D eigenvalue weighted by molar-refractivity contribution is 5.86. The molecule has 0 aromatic carbocycles. The SMILES string of the molecule is O=C([C@@H]1C[C@H]2CCCC[C@H]2N1c1ncccn1)N1CCC(n2ccnc2)CC1. The molecule has 7 heteroatoms. The molecule has 3 fully saturated rings. The molecule has 2 aromatic heterocycles. The fourth-order valence-electron chi connectivity index (χ4n) is 5.47. The molecule has 0 spiro atoms. The predicted molar refractivity (Wildman–Crippen MR) is 106 cm³/mol. The number of piperidine rings is 1. The van der Waals surface area contributed by atoms with Gasteiger partial charge in [0.2, 0.25) is 11.9 Å². The molecule has 5 rings (SSSR count). The van der Waals surface area contributed by atoms with Gasteiger partial charge in [0.15, 0.2) is 0 Å². The van der Waals surface area contributed by atoms with E-state index in [0.29, 0.717) is 18.0 Å². The van der Waals surface area contributed by atoms with Crippen molar-refractivity contribution < 1.29 is 4.79 Å². The van der Waals surface area contributed by atoms with Crippen molar-refractivity contribution >= 4 is 11.9 Å². The van der Waals surface area contributed by atoms with E-state index < -0.39 is 0 Å². The normalized spacial score (nSPS) is 28.4. The highest BCUT2D eigenvalue weighted by Gasteiger charge is 2.47. The Balaban J connectivity index is 1.33. The van der Waals surface area contributed by atoms with Crippen LogP contribution in [0.5, 0.6) is 0 Å². The number of hydrogen-bond donors (Lipinski definition) is 0. The van der Waals surface area contributed by atoms with E-state index in [0.717, 1.165) is 44.7 Å². The number of aromatic nitrogens is 4. The minimum absolute atomic E-state index is 0.111. The maximum atomic E-state index is 13.5. The molecule has 3 atom stereocenters. The monoisotopic (exact) mass is 380 g/mol. The summed E-state index contributed by atoms with van der Waals surface area (Å²) in [5, 5.41) is 0. The third kappa shape index (κ3) is 3.16. The zero-order valence-corrected chi connectivity index (χ0v) is 16.2. The second-order valence-corrected chi connectivity index (χ2v) is 8.39. The molecule has 28 heavy (non-hydrogen) atoms. The fraction of sp³-hybridized carbons (Fsp3) is 0.619. The van der Waals surface area contributed by atoms with Crippen molar-refractivity contribution in [3.63, 3.8) is 0 Å². The van der Waals surface area contributed by atoms with Gasteiger partial charge in [-0.3, -0.25) is 4.79 Å². The van der Waals surface area contributed by atoms with E-state index in [-0.39, 0.29) is 11.9 Å². The van der Waals surface area contributed by atoms with Crippen molar-refractivity contribution in [1.29, 1.82) is 0 Å². The topological polar surface area (TPSA) is 67.2 Å². The number of likely N-dealkylation sites (tertiary alicyclic amines) is 1. The molecular formula is C21H28N6O. The summed E-state index contributed by atoms with van der Waals surface area (Å²) in [6.07, 6.45) is 17.1. The highest BCUT2D eigenvalue weighted by Crippen LogP contribution is 2.42. The van der Waals surface area contributed by atoms with Crippen LogP contribution in [0.3, 0.4) is 0 Å². The number of carbonyl (C=O) groups excluding carboxylic acids is 1. The Labute approximate surface area is 165 Å². The summed E-state index contributed by atoms with van der Waals surface area (Å²) in [5.41, 5.74) is 0. The van der Waals surface area contributed by atoms with Gasteiger partial charge < -0.3 is 14.4 Å². The van der Waals surface area contributed by atoms with E-state index in [1.807, 2.05) is 24.8 Å². The van der Waals surface area contributed by atoms with Crippen LogP contribution in [0, 0.1) is 5.92 Å². The number of fused-ring (bicyclic) bond motifs is 1. The average Bonchev–Trinajstić information content (AvgIpc) is 3.42. The fourth-order valence-corrected chi connectivity index (χ4v) is 5.47. The van der Waals surface area contributed by atoms with Crippen LogP contribution in [0.1, 0.15) is 51.0 Å². The van der Waals surface area contributed by atoms with Crippen molar-refractivity contribution in [3.8, 4) is 0 Å². The van der Waals surface area contributed by atoms with E-state index in [2.05, 4.69) is 29.3 Å². The van der Waals surface area contributed by atoms with Crippen LogP contribution >= 0.6 is 0 Å². The van der Waals surface area contributed by atoms with Crippen molar-refractivity contribution in [3.05, 3.63) is 37.2 Å². The second kappa shape index (κ2) is 7.53. The first kappa shape index (κ1) is 17.6. The molecule has 2 aliphatic heterocycles. The van der Waals surface area contributed by atoms with Crippen molar-refractivity contribution in [2.45, 2.75) is 63.1 Å². The van der Waals surface area contributed by atoms with Gasteiger partial charge >= 0.3 is 0 Å². The summed E-state index contributed by atoms with van der Waals surface area (Å²) < 4.78 is 2.18. The highest BCUT2D eigenvalue weighted by atomic mass is 16.2. The van der Waals surface area contributed by atoms with Gasteiger partial charge in [0.05, 0.1) is 6.33 Å². The van der Waals surface area contributed by atoms with Crippen LogP contribution in [0.15, 0.2) is 37.2 Å².